The number of carbonyl (C=O) groups excluding carboxylic acids is 1. The molecule has 0 spiro atoms. The van der Waals surface area contributed by atoms with E-state index in [0.717, 1.165) is 18.8 Å². The molecular weight excluding hydrogens is 328 g/mol. The van der Waals surface area contributed by atoms with Gasteiger partial charge in [0.2, 0.25) is 0 Å². The number of amides is 1. The second kappa shape index (κ2) is 9.35. The number of rotatable bonds is 7. The molecule has 6 heteroatoms. The highest BCUT2D eigenvalue weighted by Gasteiger charge is 2.25. The number of nitrogens with zero attached hydrogens (tertiary/aromatic N) is 1. The van der Waals surface area contributed by atoms with Crippen molar-refractivity contribution < 1.29 is 13.9 Å². The van der Waals surface area contributed by atoms with Crippen molar-refractivity contribution in [1.29, 1.82) is 0 Å². The Kier molecular flexibility index (Phi) is 7.15. The molecule has 0 saturated carbocycles. The van der Waals surface area contributed by atoms with Gasteiger partial charge in [0.25, 0.3) is 5.91 Å². The monoisotopic (exact) mass is 350 g/mol. The molecule has 1 aromatic carbocycles. The van der Waals surface area contributed by atoms with Crippen LogP contribution in [0.3, 0.4) is 0 Å². The van der Waals surface area contributed by atoms with Crippen LogP contribution in [0, 0.1) is 0 Å². The van der Waals surface area contributed by atoms with Gasteiger partial charge >= 0.3 is 0 Å². The van der Waals surface area contributed by atoms with E-state index in [4.69, 9.17) is 9.15 Å². The van der Waals surface area contributed by atoms with Crippen molar-refractivity contribution in [2.24, 2.45) is 0 Å². The molecule has 1 saturated heterocycles. The SMILES string of the molecule is Cl.O=C(COc1ccccc1)NCC(c1ccco1)N1CCCC1. The van der Waals surface area contributed by atoms with E-state index in [1.807, 2.05) is 42.5 Å². The summed E-state index contributed by atoms with van der Waals surface area (Å²) in [7, 11) is 0. The Morgan fingerprint density at radius 2 is 1.92 bits per heavy atom. The van der Waals surface area contributed by atoms with E-state index in [2.05, 4.69) is 10.2 Å². The molecule has 1 aliphatic heterocycles. The van der Waals surface area contributed by atoms with Gasteiger partial charge in [-0.3, -0.25) is 9.69 Å². The zero-order chi connectivity index (χ0) is 15.9. The Labute approximate surface area is 148 Å². The van der Waals surface area contributed by atoms with Crippen LogP contribution in [0.1, 0.15) is 24.6 Å². The fraction of sp³-hybridized carbons (Fsp3) is 0.389. The zero-order valence-electron chi connectivity index (χ0n) is 13.5. The van der Waals surface area contributed by atoms with Crippen LogP contribution in [0.5, 0.6) is 5.75 Å². The van der Waals surface area contributed by atoms with Crippen LogP contribution in [0.4, 0.5) is 0 Å². The summed E-state index contributed by atoms with van der Waals surface area (Å²) in [5.74, 6) is 1.48. The molecule has 0 radical (unpaired) electrons. The lowest BCUT2D eigenvalue weighted by Gasteiger charge is -2.26. The van der Waals surface area contributed by atoms with Crippen LogP contribution in [0.15, 0.2) is 53.1 Å². The summed E-state index contributed by atoms with van der Waals surface area (Å²) >= 11 is 0. The number of hydrogen-bond donors (Lipinski definition) is 1. The average Bonchev–Trinajstić information content (AvgIpc) is 3.28. The zero-order valence-corrected chi connectivity index (χ0v) is 14.3. The number of halogens is 1. The van der Waals surface area contributed by atoms with Crippen molar-refractivity contribution in [2.75, 3.05) is 26.2 Å². The van der Waals surface area contributed by atoms with Gasteiger partial charge in [0, 0.05) is 6.54 Å². The van der Waals surface area contributed by atoms with Gasteiger partial charge in [-0.05, 0) is 50.2 Å². The number of furan rings is 1. The second-order valence-electron chi connectivity index (χ2n) is 5.68. The van der Waals surface area contributed by atoms with Gasteiger partial charge in [0.1, 0.15) is 11.5 Å². The minimum Gasteiger partial charge on any atom is -0.484 e. The smallest absolute Gasteiger partial charge is 0.258 e. The molecule has 5 nitrogen and oxygen atoms in total. The highest BCUT2D eigenvalue weighted by molar-refractivity contribution is 5.85. The van der Waals surface area contributed by atoms with Crippen molar-refractivity contribution in [3.8, 4) is 5.75 Å². The lowest BCUT2D eigenvalue weighted by molar-refractivity contribution is -0.123. The molecule has 0 aliphatic carbocycles. The molecule has 1 aliphatic rings. The van der Waals surface area contributed by atoms with Crippen molar-refractivity contribution in [1.82, 2.24) is 10.2 Å². The van der Waals surface area contributed by atoms with Crippen LogP contribution in [0.25, 0.3) is 0 Å². The van der Waals surface area contributed by atoms with E-state index < -0.39 is 0 Å². The van der Waals surface area contributed by atoms with Gasteiger partial charge in [-0.1, -0.05) is 18.2 Å². The summed E-state index contributed by atoms with van der Waals surface area (Å²) in [6.45, 7) is 2.64. The lowest BCUT2D eigenvalue weighted by atomic mass is 10.2. The van der Waals surface area contributed by atoms with Gasteiger partial charge < -0.3 is 14.5 Å². The summed E-state index contributed by atoms with van der Waals surface area (Å²) in [5.41, 5.74) is 0. The first-order valence-corrected chi connectivity index (χ1v) is 8.05. The highest BCUT2D eigenvalue weighted by Crippen LogP contribution is 2.24. The lowest BCUT2D eigenvalue weighted by Crippen LogP contribution is -2.38. The number of nitrogens with one attached hydrogen (secondary N) is 1. The Morgan fingerprint density at radius 1 is 1.17 bits per heavy atom. The van der Waals surface area contributed by atoms with Crippen LogP contribution in [0.2, 0.25) is 0 Å². The Hall–Kier alpha value is -1.98. The number of carbonyl (C=O) groups is 1. The Morgan fingerprint density at radius 3 is 2.58 bits per heavy atom. The maximum atomic E-state index is 12.0. The minimum absolute atomic E-state index is 0. The molecule has 2 heterocycles. The first kappa shape index (κ1) is 18.4. The van der Waals surface area contributed by atoms with E-state index in [1.165, 1.54) is 12.8 Å². The van der Waals surface area contributed by atoms with Crippen molar-refractivity contribution >= 4 is 18.3 Å². The van der Waals surface area contributed by atoms with Crippen LogP contribution in [-0.4, -0.2) is 37.0 Å². The summed E-state index contributed by atoms with van der Waals surface area (Å²) in [5, 5.41) is 2.95. The third-order valence-corrected chi connectivity index (χ3v) is 4.06. The predicted octanol–water partition coefficient (Wildman–Crippen LogP) is 3.03. The fourth-order valence-electron chi connectivity index (χ4n) is 2.87. The molecule has 0 bridgehead atoms. The molecule has 1 fully saturated rings. The second-order valence-corrected chi connectivity index (χ2v) is 5.68. The molecule has 24 heavy (non-hydrogen) atoms. The van der Waals surface area contributed by atoms with Gasteiger partial charge in [0.15, 0.2) is 6.61 Å². The van der Waals surface area contributed by atoms with Crippen molar-refractivity contribution in [3.63, 3.8) is 0 Å². The number of likely N-dealkylation sites (tertiary alicyclic amines) is 1. The van der Waals surface area contributed by atoms with E-state index >= 15 is 0 Å². The number of benzene rings is 1. The van der Waals surface area contributed by atoms with Crippen LogP contribution in [-0.2, 0) is 4.79 Å². The van der Waals surface area contributed by atoms with E-state index in [1.54, 1.807) is 6.26 Å². The first-order valence-electron chi connectivity index (χ1n) is 8.05. The third kappa shape index (κ3) is 5.01. The van der Waals surface area contributed by atoms with Gasteiger partial charge in [0.05, 0.1) is 12.3 Å². The van der Waals surface area contributed by atoms with Crippen LogP contribution < -0.4 is 10.1 Å². The van der Waals surface area contributed by atoms with E-state index in [-0.39, 0.29) is 31.0 Å². The molecular formula is C18H23ClN2O3. The molecule has 3 rings (SSSR count). The Bertz CT molecular complexity index is 598. The number of hydrogen-bond acceptors (Lipinski definition) is 4. The number of para-hydroxylation sites is 1. The third-order valence-electron chi connectivity index (χ3n) is 4.06. The quantitative estimate of drug-likeness (QED) is 0.834. The number of ether oxygens (including phenoxy) is 1. The summed E-state index contributed by atoms with van der Waals surface area (Å²) in [4.78, 5) is 14.4. The van der Waals surface area contributed by atoms with Gasteiger partial charge in [-0.15, -0.1) is 12.4 Å². The molecule has 130 valence electrons. The molecule has 2 aromatic rings. The first-order chi connectivity index (χ1) is 11.3. The van der Waals surface area contributed by atoms with Crippen molar-refractivity contribution in [3.05, 3.63) is 54.5 Å². The maximum Gasteiger partial charge on any atom is 0.258 e. The van der Waals surface area contributed by atoms with Crippen molar-refractivity contribution in [2.45, 2.75) is 18.9 Å². The molecule has 1 unspecified atom stereocenters. The summed E-state index contributed by atoms with van der Waals surface area (Å²) in [6, 6.07) is 13.3. The van der Waals surface area contributed by atoms with E-state index in [0.29, 0.717) is 12.3 Å². The van der Waals surface area contributed by atoms with E-state index in [9.17, 15) is 4.79 Å². The van der Waals surface area contributed by atoms with Gasteiger partial charge in [-0.25, -0.2) is 0 Å². The standard InChI is InChI=1S/C18H22N2O3.ClH/c21-18(14-23-15-7-2-1-3-8-15)19-13-16(17-9-6-12-22-17)20-10-4-5-11-20;/h1-3,6-9,12,16H,4-5,10-11,13-14H2,(H,19,21);1H. The molecule has 1 amide bonds. The van der Waals surface area contributed by atoms with Crippen LogP contribution >= 0.6 is 12.4 Å². The Balaban J connectivity index is 0.00000208. The largest absolute Gasteiger partial charge is 0.484 e. The maximum absolute atomic E-state index is 12.0. The normalized spacial score (nSPS) is 15.5. The summed E-state index contributed by atoms with van der Waals surface area (Å²) in [6.07, 6.45) is 4.07. The predicted molar refractivity (Wildman–Crippen MR) is 94.5 cm³/mol. The topological polar surface area (TPSA) is 54.7 Å². The summed E-state index contributed by atoms with van der Waals surface area (Å²) < 4.78 is 11.0. The molecule has 1 aromatic heterocycles. The molecule has 1 N–H and O–H groups in total. The highest BCUT2D eigenvalue weighted by atomic mass is 35.5. The van der Waals surface area contributed by atoms with Gasteiger partial charge in [-0.2, -0.15) is 0 Å². The minimum atomic E-state index is -0.121. The fourth-order valence-corrected chi connectivity index (χ4v) is 2.87. The molecule has 1 atom stereocenters. The average molecular weight is 351 g/mol.